The van der Waals surface area contributed by atoms with Gasteiger partial charge in [0.2, 0.25) is 0 Å². The molecule has 0 bridgehead atoms. The molecule has 0 N–H and O–H groups in total. The highest BCUT2D eigenvalue weighted by Crippen LogP contribution is 2.51. The Labute approximate surface area is 362 Å². The van der Waals surface area contributed by atoms with E-state index in [9.17, 15) is 8.78 Å². The van der Waals surface area contributed by atoms with Crippen LogP contribution in [0.1, 0.15) is 11.1 Å². The molecule has 0 aliphatic rings. The monoisotopic (exact) mass is 836 g/mol. The Kier molecular flexibility index (Phi) is 7.58. The molecule has 0 radical (unpaired) electrons. The van der Waals surface area contributed by atoms with Crippen LogP contribution in [0.4, 0.5) is 8.78 Å². The summed E-state index contributed by atoms with van der Waals surface area (Å²) in [4.78, 5) is 0. The molecule has 0 atom stereocenters. The van der Waals surface area contributed by atoms with E-state index < -0.39 is 0 Å². The van der Waals surface area contributed by atoms with Crippen molar-refractivity contribution in [2.24, 2.45) is 0 Å². The maximum Gasteiger partial charge on any atom is 0.123 e. The molecule has 0 saturated heterocycles. The number of para-hydroxylation sites is 2. The smallest absolute Gasteiger partial charge is 0.123 e. The zero-order valence-electron chi connectivity index (χ0n) is 33.6. The second-order valence-electron chi connectivity index (χ2n) is 16.3. The van der Waals surface area contributed by atoms with Gasteiger partial charge in [0.15, 0.2) is 0 Å². The van der Waals surface area contributed by atoms with Crippen LogP contribution in [0.25, 0.3) is 118 Å². The molecule has 0 aliphatic heterocycles. The Morgan fingerprint density at radius 1 is 0.339 bits per heavy atom. The molecule has 294 valence electrons. The molecule has 62 heavy (non-hydrogen) atoms. The zero-order valence-corrected chi connectivity index (χ0v) is 35.3. The standard InChI is InChI=1S/C56H34F2N2S2/c1-31-49(33-19-23-35(57)24-20-33)55(59-41-15-7-3-11-37(41)51-43(59)27-29-47-53(51)39-13-5-9-17-45(39)61-47)32(2)56(50(31)34-21-25-36(58)26-22-34)60-42-16-8-4-12-38(42)52-44(60)28-30-48-54(52)40-14-6-10-18-46(40)62-48/h3-30H,1-2H3. The molecule has 0 fully saturated rings. The van der Waals surface area contributed by atoms with Crippen LogP contribution in [0.15, 0.2) is 170 Å². The third-order valence-electron chi connectivity index (χ3n) is 13.0. The Hall–Kier alpha value is -7.12. The summed E-state index contributed by atoms with van der Waals surface area (Å²) >= 11 is 3.66. The summed E-state index contributed by atoms with van der Waals surface area (Å²) in [6.07, 6.45) is 0. The summed E-state index contributed by atoms with van der Waals surface area (Å²) in [5.74, 6) is -0.581. The molecule has 6 heteroatoms. The van der Waals surface area contributed by atoms with Crippen molar-refractivity contribution in [3.05, 3.63) is 193 Å². The van der Waals surface area contributed by atoms with Crippen LogP contribution in [-0.4, -0.2) is 9.13 Å². The van der Waals surface area contributed by atoms with Crippen LogP contribution in [-0.2, 0) is 0 Å². The first-order valence-electron chi connectivity index (χ1n) is 20.8. The highest BCUT2D eigenvalue weighted by atomic mass is 32.1. The average molecular weight is 837 g/mol. The van der Waals surface area contributed by atoms with E-state index in [1.807, 2.05) is 46.9 Å². The van der Waals surface area contributed by atoms with Gasteiger partial charge in [-0.2, -0.15) is 0 Å². The molecule has 0 amide bonds. The molecule has 13 aromatic rings. The van der Waals surface area contributed by atoms with Gasteiger partial charge < -0.3 is 9.13 Å². The lowest BCUT2D eigenvalue weighted by atomic mass is 9.86. The number of nitrogens with zero attached hydrogens (tertiary/aromatic N) is 2. The van der Waals surface area contributed by atoms with E-state index in [2.05, 4.69) is 144 Å². The number of benzene rings is 9. The predicted molar refractivity (Wildman–Crippen MR) is 261 cm³/mol. The minimum Gasteiger partial charge on any atom is -0.308 e. The lowest BCUT2D eigenvalue weighted by molar-refractivity contribution is 0.627. The molecule has 9 aromatic carbocycles. The van der Waals surface area contributed by atoms with E-state index in [-0.39, 0.29) is 11.6 Å². The van der Waals surface area contributed by atoms with Gasteiger partial charge in [-0.3, -0.25) is 0 Å². The van der Waals surface area contributed by atoms with E-state index in [1.54, 1.807) is 24.3 Å². The van der Waals surface area contributed by atoms with Gasteiger partial charge in [-0.15, -0.1) is 22.7 Å². The number of hydrogen-bond acceptors (Lipinski definition) is 2. The topological polar surface area (TPSA) is 9.86 Å². The van der Waals surface area contributed by atoms with Crippen LogP contribution < -0.4 is 0 Å². The molecule has 0 spiro atoms. The van der Waals surface area contributed by atoms with Crippen molar-refractivity contribution in [3.8, 4) is 33.6 Å². The molecule has 4 aromatic heterocycles. The number of thiophene rings is 2. The lowest BCUT2D eigenvalue weighted by Crippen LogP contribution is -2.10. The first kappa shape index (κ1) is 35.6. The van der Waals surface area contributed by atoms with Crippen molar-refractivity contribution in [3.63, 3.8) is 0 Å². The van der Waals surface area contributed by atoms with Gasteiger partial charge in [0.25, 0.3) is 0 Å². The molecule has 0 saturated carbocycles. The highest BCUT2D eigenvalue weighted by Gasteiger charge is 2.29. The summed E-state index contributed by atoms with van der Waals surface area (Å²) < 4.78 is 39.7. The molecule has 2 nitrogen and oxygen atoms in total. The van der Waals surface area contributed by atoms with Crippen molar-refractivity contribution >= 4 is 107 Å². The molecule has 4 heterocycles. The van der Waals surface area contributed by atoms with E-state index in [4.69, 9.17) is 0 Å². The summed E-state index contributed by atoms with van der Waals surface area (Å²) in [6, 6.07) is 57.7. The van der Waals surface area contributed by atoms with Crippen molar-refractivity contribution in [2.45, 2.75) is 13.8 Å². The quantitative estimate of drug-likeness (QED) is 0.167. The summed E-state index contributed by atoms with van der Waals surface area (Å²) in [7, 11) is 0. The molecule has 13 rings (SSSR count). The Morgan fingerprint density at radius 2 is 0.726 bits per heavy atom. The minimum atomic E-state index is -0.291. The van der Waals surface area contributed by atoms with Crippen LogP contribution in [0.2, 0.25) is 0 Å². The number of fused-ring (bicyclic) bond motifs is 14. The summed E-state index contributed by atoms with van der Waals surface area (Å²) in [6.45, 7) is 4.42. The van der Waals surface area contributed by atoms with Crippen molar-refractivity contribution in [2.75, 3.05) is 0 Å². The summed E-state index contributed by atoms with van der Waals surface area (Å²) in [5, 5.41) is 9.78. The first-order chi connectivity index (χ1) is 30.4. The first-order valence-corrected chi connectivity index (χ1v) is 22.4. The number of hydrogen-bond donors (Lipinski definition) is 0. The Balaban J connectivity index is 1.27. The lowest BCUT2D eigenvalue weighted by Gasteiger charge is -2.27. The minimum absolute atomic E-state index is 0.291. The maximum atomic E-state index is 14.9. The van der Waals surface area contributed by atoms with E-state index >= 15 is 0 Å². The van der Waals surface area contributed by atoms with Gasteiger partial charge in [0, 0.05) is 73.0 Å². The van der Waals surface area contributed by atoms with Crippen LogP contribution in [0, 0.1) is 25.5 Å². The molecule has 0 unspecified atom stereocenters. The van der Waals surface area contributed by atoms with Gasteiger partial charge in [0.05, 0.1) is 33.4 Å². The summed E-state index contributed by atoms with van der Waals surface area (Å²) in [5.41, 5.74) is 12.3. The normalized spacial score (nSPS) is 12.2. The molecular formula is C56H34F2N2S2. The van der Waals surface area contributed by atoms with Gasteiger partial charge >= 0.3 is 0 Å². The van der Waals surface area contributed by atoms with E-state index in [0.29, 0.717) is 0 Å². The number of rotatable bonds is 4. The van der Waals surface area contributed by atoms with Crippen molar-refractivity contribution in [1.82, 2.24) is 9.13 Å². The zero-order chi connectivity index (χ0) is 41.4. The SMILES string of the molecule is Cc1c(-c2ccc(F)cc2)c(-n2c3ccccc3c3c4c(ccc32)sc2ccccc24)c(C)c(-n2c3ccccc3c3c4c(ccc32)sc2ccccc24)c1-c1ccc(F)cc1. The van der Waals surface area contributed by atoms with E-state index in [0.717, 1.165) is 66.8 Å². The molecule has 0 aliphatic carbocycles. The number of halogens is 2. The predicted octanol–water partition coefficient (Wildman–Crippen LogP) is 16.8. The number of aromatic nitrogens is 2. The van der Waals surface area contributed by atoms with Crippen LogP contribution >= 0.6 is 22.7 Å². The highest BCUT2D eigenvalue weighted by molar-refractivity contribution is 7.26. The third kappa shape index (κ3) is 4.87. The van der Waals surface area contributed by atoms with Gasteiger partial charge in [0.1, 0.15) is 11.6 Å². The second kappa shape index (κ2) is 13.2. The van der Waals surface area contributed by atoms with Gasteiger partial charge in [-0.1, -0.05) is 97.1 Å². The van der Waals surface area contributed by atoms with Crippen molar-refractivity contribution in [1.29, 1.82) is 0 Å². The van der Waals surface area contributed by atoms with Crippen molar-refractivity contribution < 1.29 is 8.78 Å². The Morgan fingerprint density at radius 3 is 1.16 bits per heavy atom. The molecular weight excluding hydrogens is 803 g/mol. The second-order valence-corrected chi connectivity index (χ2v) is 18.4. The Bertz CT molecular complexity index is 3750. The third-order valence-corrected chi connectivity index (χ3v) is 15.3. The largest absolute Gasteiger partial charge is 0.308 e. The fourth-order valence-electron chi connectivity index (χ4n) is 10.5. The average Bonchev–Trinajstić information content (AvgIpc) is 4.05. The maximum absolute atomic E-state index is 14.9. The fraction of sp³-hybridized carbons (Fsp3) is 0.0357. The van der Waals surface area contributed by atoms with Crippen LogP contribution in [0.5, 0.6) is 0 Å². The van der Waals surface area contributed by atoms with Crippen LogP contribution in [0.3, 0.4) is 0 Å². The van der Waals surface area contributed by atoms with E-state index in [1.165, 1.54) is 61.9 Å². The van der Waals surface area contributed by atoms with Gasteiger partial charge in [-0.05, 0) is 109 Å². The van der Waals surface area contributed by atoms with Gasteiger partial charge in [-0.25, -0.2) is 8.78 Å². The fourth-order valence-corrected chi connectivity index (χ4v) is 12.7.